The number of carbonyl (C=O) groups excluding carboxylic acids is 2. The number of ether oxygens (including phenoxy) is 4. The van der Waals surface area contributed by atoms with E-state index in [0.29, 0.717) is 37.7 Å². The maximum absolute atomic E-state index is 13.0. The highest BCUT2D eigenvalue weighted by atomic mass is 16.7. The number of esters is 2. The van der Waals surface area contributed by atoms with Gasteiger partial charge in [0.25, 0.3) is 0 Å². The summed E-state index contributed by atoms with van der Waals surface area (Å²) >= 11 is 0. The second-order valence-electron chi connectivity index (χ2n) is 13.1. The monoisotopic (exact) mass is 686 g/mol. The zero-order valence-electron chi connectivity index (χ0n) is 29.6. The van der Waals surface area contributed by atoms with E-state index in [0.717, 1.165) is 55.6 Å². The van der Waals surface area contributed by atoms with Crippen LogP contribution in [0.1, 0.15) is 92.4 Å². The second kappa shape index (κ2) is 20.0. The first kappa shape index (κ1) is 41.4. The Kier molecular flexibility index (Phi) is 16.9. The molecule has 2 aliphatic rings. The molecule has 0 unspecified atom stereocenters. The number of carbonyl (C=O) groups is 4. The summed E-state index contributed by atoms with van der Waals surface area (Å²) in [6.07, 6.45) is 18.7. The lowest BCUT2D eigenvalue weighted by Crippen LogP contribution is -2.59. The molecule has 0 aromatic rings. The van der Waals surface area contributed by atoms with Crippen molar-refractivity contribution in [1.29, 1.82) is 0 Å². The summed E-state index contributed by atoms with van der Waals surface area (Å²) < 4.78 is 24.3. The van der Waals surface area contributed by atoms with Gasteiger partial charge in [0.05, 0.1) is 19.3 Å². The van der Waals surface area contributed by atoms with Gasteiger partial charge in [0.1, 0.15) is 11.7 Å². The zero-order valence-corrected chi connectivity index (χ0v) is 29.6. The third-order valence-electron chi connectivity index (χ3n) is 9.03. The summed E-state index contributed by atoms with van der Waals surface area (Å²) in [6, 6.07) is 0. The number of allylic oxidation sites excluding steroid dienone is 4. The fourth-order valence-corrected chi connectivity index (χ4v) is 5.96. The predicted octanol–water partition coefficient (Wildman–Crippen LogP) is 6.39. The molecule has 0 aliphatic carbocycles. The average Bonchev–Trinajstić information content (AvgIpc) is 3.05. The van der Waals surface area contributed by atoms with Gasteiger partial charge in [0, 0.05) is 43.1 Å². The Hall–Kier alpha value is -3.80. The molecule has 11 nitrogen and oxygen atoms in total. The molecule has 272 valence electrons. The van der Waals surface area contributed by atoms with Crippen molar-refractivity contribution in [3.05, 3.63) is 71.9 Å². The van der Waals surface area contributed by atoms with E-state index in [2.05, 4.69) is 18.6 Å². The van der Waals surface area contributed by atoms with Gasteiger partial charge in [-0.2, -0.15) is 0 Å². The third kappa shape index (κ3) is 13.9. The van der Waals surface area contributed by atoms with Gasteiger partial charge in [-0.25, -0.2) is 19.2 Å². The maximum Gasteiger partial charge on any atom is 0.331 e. The van der Waals surface area contributed by atoms with Crippen molar-refractivity contribution in [3.63, 3.8) is 0 Å². The SMILES string of the molecule is CCCCC[C@@]1(OC(=O)/C=C/C(=O)OC)CC[C@]2(CC[C@H](C)[C@@H](C/C=C(C)/C=C/[C@H](O)[C@@H](C)/C=C/C(=O)O)O2)O[C@H]1/C=C/C(C)=C/C(=O)O. The molecule has 2 heterocycles. The average molecular weight is 687 g/mol. The van der Waals surface area contributed by atoms with Crippen molar-refractivity contribution in [3.8, 4) is 0 Å². The van der Waals surface area contributed by atoms with Crippen LogP contribution in [-0.4, -0.2) is 76.0 Å². The molecule has 3 N–H and O–H groups in total. The first-order chi connectivity index (χ1) is 23.1. The van der Waals surface area contributed by atoms with Gasteiger partial charge in [0.15, 0.2) is 5.79 Å². The van der Waals surface area contributed by atoms with E-state index in [-0.39, 0.29) is 17.9 Å². The quantitative estimate of drug-likeness (QED) is 0.0672. The number of hydrogen-bond acceptors (Lipinski definition) is 9. The number of unbranched alkanes of at least 4 members (excludes halogenated alkanes) is 2. The van der Waals surface area contributed by atoms with Crippen LogP contribution in [0.25, 0.3) is 0 Å². The molecule has 2 rings (SSSR count). The Morgan fingerprint density at radius 3 is 2.27 bits per heavy atom. The molecule has 7 atom stereocenters. The maximum atomic E-state index is 13.0. The molecule has 2 aliphatic heterocycles. The third-order valence-corrected chi connectivity index (χ3v) is 9.03. The fourth-order valence-electron chi connectivity index (χ4n) is 5.96. The van der Waals surface area contributed by atoms with Gasteiger partial charge in [-0.1, -0.05) is 75.6 Å². The lowest BCUT2D eigenvalue weighted by Gasteiger charge is -2.53. The molecule has 0 aromatic carbocycles. The van der Waals surface area contributed by atoms with Gasteiger partial charge in [0.2, 0.25) is 0 Å². The Morgan fingerprint density at radius 1 is 0.898 bits per heavy atom. The number of aliphatic hydroxyl groups excluding tert-OH is 1. The molecule has 0 bridgehead atoms. The van der Waals surface area contributed by atoms with Crippen molar-refractivity contribution in [2.75, 3.05) is 7.11 Å². The molecule has 0 aromatic heterocycles. The lowest BCUT2D eigenvalue weighted by atomic mass is 9.78. The van der Waals surface area contributed by atoms with Crippen molar-refractivity contribution < 1.29 is 53.4 Å². The van der Waals surface area contributed by atoms with Crippen LogP contribution in [0.2, 0.25) is 0 Å². The molecule has 0 saturated carbocycles. The molecule has 2 saturated heterocycles. The number of methoxy groups -OCH3 is 1. The molecular weight excluding hydrogens is 632 g/mol. The predicted molar refractivity (Wildman–Crippen MR) is 184 cm³/mol. The van der Waals surface area contributed by atoms with Crippen LogP contribution in [0.4, 0.5) is 0 Å². The second-order valence-corrected chi connectivity index (χ2v) is 13.1. The van der Waals surface area contributed by atoms with Gasteiger partial charge >= 0.3 is 23.9 Å². The molecule has 11 heteroatoms. The smallest absolute Gasteiger partial charge is 0.331 e. The summed E-state index contributed by atoms with van der Waals surface area (Å²) in [5.74, 6) is -4.64. The molecule has 2 fully saturated rings. The number of rotatable bonds is 17. The molecule has 1 spiro atoms. The summed E-state index contributed by atoms with van der Waals surface area (Å²) in [7, 11) is 1.22. The minimum atomic E-state index is -1.08. The fraction of sp³-hybridized carbons (Fsp3) is 0.579. The van der Waals surface area contributed by atoms with Crippen molar-refractivity contribution >= 4 is 23.9 Å². The Labute approximate surface area is 290 Å². The largest absolute Gasteiger partial charge is 0.478 e. The Bertz CT molecular complexity index is 1320. The van der Waals surface area contributed by atoms with E-state index < -0.39 is 47.5 Å². The first-order valence-electron chi connectivity index (χ1n) is 17.0. The Balaban J connectivity index is 2.35. The number of carboxylic acid groups (broad SMARTS) is 2. The van der Waals surface area contributed by atoms with E-state index in [4.69, 9.17) is 19.3 Å². The van der Waals surface area contributed by atoms with Gasteiger partial charge < -0.3 is 34.3 Å². The van der Waals surface area contributed by atoms with Crippen LogP contribution in [0.5, 0.6) is 0 Å². The highest BCUT2D eigenvalue weighted by Gasteiger charge is 2.54. The minimum absolute atomic E-state index is 0.184. The van der Waals surface area contributed by atoms with E-state index >= 15 is 0 Å². The standard InChI is InChI=1S/C38H54O11/c1-7-8-9-21-37(49-36(45)19-18-35(44)46-6)23-24-38(48-32(37)16-12-27(3)25-34(42)43)22-20-29(5)31(47-38)15-11-26(2)10-14-30(39)28(4)13-17-33(40)41/h10-14,16-19,25,28-32,39H,7-9,15,20-24H2,1-6H3,(H,40,41)(H,42,43)/b14-10+,16-12+,17-13+,19-18+,26-11+,27-25+/t28-,29-,30-,31+,32-,37+,38-/m0/s1. The van der Waals surface area contributed by atoms with Crippen LogP contribution in [0.15, 0.2) is 71.9 Å². The zero-order chi connectivity index (χ0) is 36.6. The van der Waals surface area contributed by atoms with Crippen LogP contribution in [0.3, 0.4) is 0 Å². The van der Waals surface area contributed by atoms with E-state index in [1.165, 1.54) is 13.2 Å². The molecule has 0 amide bonds. The summed E-state index contributed by atoms with van der Waals surface area (Å²) in [5, 5.41) is 28.5. The molecule has 0 radical (unpaired) electrons. The Morgan fingerprint density at radius 2 is 1.61 bits per heavy atom. The first-order valence-corrected chi connectivity index (χ1v) is 17.0. The number of hydrogen-bond donors (Lipinski definition) is 3. The summed E-state index contributed by atoms with van der Waals surface area (Å²) in [5.41, 5.74) is 0.313. The normalized spacial score (nSPS) is 28.0. The van der Waals surface area contributed by atoms with Gasteiger partial charge in [-0.3, -0.25) is 0 Å². The highest BCUT2D eigenvalue weighted by Crippen LogP contribution is 2.48. The topological polar surface area (TPSA) is 166 Å². The summed E-state index contributed by atoms with van der Waals surface area (Å²) in [6.45, 7) is 9.52. The van der Waals surface area contributed by atoms with E-state index in [1.54, 1.807) is 38.2 Å². The van der Waals surface area contributed by atoms with E-state index in [9.17, 15) is 29.4 Å². The number of aliphatic hydroxyl groups is 1. The van der Waals surface area contributed by atoms with Crippen LogP contribution >= 0.6 is 0 Å². The highest BCUT2D eigenvalue weighted by molar-refractivity contribution is 5.91. The lowest BCUT2D eigenvalue weighted by molar-refractivity contribution is -0.344. The number of aliphatic carboxylic acids is 2. The minimum Gasteiger partial charge on any atom is -0.478 e. The van der Waals surface area contributed by atoms with Crippen LogP contribution < -0.4 is 0 Å². The van der Waals surface area contributed by atoms with Crippen LogP contribution in [0, 0.1) is 11.8 Å². The molecular formula is C38H54O11. The summed E-state index contributed by atoms with van der Waals surface area (Å²) in [4.78, 5) is 46.8. The molecule has 49 heavy (non-hydrogen) atoms. The van der Waals surface area contributed by atoms with Crippen molar-refractivity contribution in [2.24, 2.45) is 11.8 Å². The number of carboxylic acids is 2. The van der Waals surface area contributed by atoms with Gasteiger partial charge in [-0.15, -0.1) is 0 Å². The van der Waals surface area contributed by atoms with Gasteiger partial charge in [-0.05, 0) is 57.4 Å². The van der Waals surface area contributed by atoms with Crippen molar-refractivity contribution in [1.82, 2.24) is 0 Å². The van der Waals surface area contributed by atoms with Crippen LogP contribution in [-0.2, 0) is 38.1 Å². The van der Waals surface area contributed by atoms with E-state index in [1.807, 2.05) is 13.0 Å². The van der Waals surface area contributed by atoms with Crippen molar-refractivity contribution in [2.45, 2.75) is 122 Å².